The van der Waals surface area contributed by atoms with Crippen molar-refractivity contribution in [1.82, 2.24) is 5.32 Å². The fourth-order valence-electron chi connectivity index (χ4n) is 2.98. The molecule has 2 aliphatic carbocycles. The highest BCUT2D eigenvalue weighted by Gasteiger charge is 2.36. The molecule has 0 spiro atoms. The highest BCUT2D eigenvalue weighted by atomic mass is 16.5. The normalized spacial score (nSPS) is 37.6. The van der Waals surface area contributed by atoms with E-state index in [1.54, 1.807) is 0 Å². The first-order valence-corrected chi connectivity index (χ1v) is 6.78. The third-order valence-electron chi connectivity index (χ3n) is 4.35. The van der Waals surface area contributed by atoms with E-state index < -0.39 is 0 Å². The molecule has 2 saturated carbocycles. The van der Waals surface area contributed by atoms with Crippen LogP contribution in [0, 0.1) is 11.8 Å². The van der Waals surface area contributed by atoms with E-state index in [1.807, 2.05) is 0 Å². The van der Waals surface area contributed by atoms with Crippen LogP contribution in [0.2, 0.25) is 0 Å². The lowest BCUT2D eigenvalue weighted by molar-refractivity contribution is -0.0787. The minimum Gasteiger partial charge on any atom is -0.378 e. The van der Waals surface area contributed by atoms with Crippen molar-refractivity contribution >= 4 is 0 Å². The summed E-state index contributed by atoms with van der Waals surface area (Å²) in [4.78, 5) is 0. The number of hydrogen-bond donors (Lipinski definition) is 1. The van der Waals surface area contributed by atoms with Crippen molar-refractivity contribution in [3.05, 3.63) is 0 Å². The van der Waals surface area contributed by atoms with Crippen LogP contribution in [0.5, 0.6) is 0 Å². The first kappa shape index (κ1) is 10.1. The molecule has 0 amide bonds. The summed E-state index contributed by atoms with van der Waals surface area (Å²) in [5, 5.41) is 3.68. The SMILES string of the molecule is C1CC(C2OCCCC2CNC2CC2)C1. The van der Waals surface area contributed by atoms with Gasteiger partial charge in [0.2, 0.25) is 0 Å². The maximum absolute atomic E-state index is 6.01. The second-order valence-corrected chi connectivity index (χ2v) is 5.61. The molecule has 2 atom stereocenters. The molecule has 86 valence electrons. The molecule has 0 bridgehead atoms. The quantitative estimate of drug-likeness (QED) is 0.767. The minimum absolute atomic E-state index is 0.596. The van der Waals surface area contributed by atoms with E-state index in [-0.39, 0.29) is 0 Å². The fourth-order valence-corrected chi connectivity index (χ4v) is 2.98. The van der Waals surface area contributed by atoms with Crippen LogP contribution in [0.25, 0.3) is 0 Å². The Morgan fingerprint density at radius 2 is 1.87 bits per heavy atom. The van der Waals surface area contributed by atoms with Gasteiger partial charge in [-0.15, -0.1) is 0 Å². The Bertz CT molecular complexity index is 211. The monoisotopic (exact) mass is 209 g/mol. The maximum Gasteiger partial charge on any atom is 0.0643 e. The van der Waals surface area contributed by atoms with Crippen LogP contribution in [0.1, 0.15) is 44.9 Å². The van der Waals surface area contributed by atoms with Gasteiger partial charge in [0.25, 0.3) is 0 Å². The van der Waals surface area contributed by atoms with Gasteiger partial charge in [-0.05, 0) is 50.4 Å². The summed E-state index contributed by atoms with van der Waals surface area (Å²) in [6, 6.07) is 0.856. The van der Waals surface area contributed by atoms with Crippen LogP contribution in [-0.4, -0.2) is 25.3 Å². The van der Waals surface area contributed by atoms with Crippen molar-refractivity contribution < 1.29 is 4.74 Å². The zero-order valence-corrected chi connectivity index (χ0v) is 9.58. The van der Waals surface area contributed by atoms with E-state index in [1.165, 1.54) is 51.5 Å². The summed E-state index contributed by atoms with van der Waals surface area (Å²) in [5.74, 6) is 1.71. The van der Waals surface area contributed by atoms with Crippen molar-refractivity contribution in [2.45, 2.75) is 57.1 Å². The van der Waals surface area contributed by atoms with Crippen molar-refractivity contribution in [2.75, 3.05) is 13.2 Å². The molecule has 3 aliphatic rings. The molecule has 0 aromatic carbocycles. The summed E-state index contributed by atoms with van der Waals surface area (Å²) in [5.41, 5.74) is 0. The lowest BCUT2D eigenvalue weighted by Crippen LogP contribution is -2.43. The van der Waals surface area contributed by atoms with Crippen LogP contribution >= 0.6 is 0 Å². The Morgan fingerprint density at radius 1 is 1.00 bits per heavy atom. The third-order valence-corrected chi connectivity index (χ3v) is 4.35. The summed E-state index contributed by atoms with van der Waals surface area (Å²) in [7, 11) is 0. The number of ether oxygens (including phenoxy) is 1. The molecule has 0 aromatic heterocycles. The summed E-state index contributed by atoms with van der Waals surface area (Å²) in [6.07, 6.45) is 10.4. The van der Waals surface area contributed by atoms with Gasteiger partial charge >= 0.3 is 0 Å². The molecule has 1 saturated heterocycles. The average molecular weight is 209 g/mol. The van der Waals surface area contributed by atoms with Gasteiger partial charge < -0.3 is 10.1 Å². The Kier molecular flexibility index (Phi) is 2.98. The molecule has 2 unspecified atom stereocenters. The molecule has 3 fully saturated rings. The molecule has 3 rings (SSSR count). The Hall–Kier alpha value is -0.0800. The van der Waals surface area contributed by atoms with Gasteiger partial charge in [-0.25, -0.2) is 0 Å². The standard InChI is InChI=1S/C13H23NO/c1-3-10(4-1)13-11(5-2-8-15-13)9-14-12-6-7-12/h10-14H,1-9H2. The van der Waals surface area contributed by atoms with E-state index in [2.05, 4.69) is 5.32 Å². The van der Waals surface area contributed by atoms with Gasteiger partial charge in [-0.3, -0.25) is 0 Å². The lowest BCUT2D eigenvalue weighted by Gasteiger charge is -2.41. The average Bonchev–Trinajstić information content (AvgIpc) is 2.97. The van der Waals surface area contributed by atoms with Gasteiger partial charge in [0.05, 0.1) is 6.10 Å². The number of hydrogen-bond acceptors (Lipinski definition) is 2. The second kappa shape index (κ2) is 4.42. The van der Waals surface area contributed by atoms with Gasteiger partial charge in [0, 0.05) is 19.2 Å². The molecule has 2 nitrogen and oxygen atoms in total. The smallest absolute Gasteiger partial charge is 0.0643 e. The van der Waals surface area contributed by atoms with Crippen LogP contribution in [0.4, 0.5) is 0 Å². The largest absolute Gasteiger partial charge is 0.378 e. The third kappa shape index (κ3) is 2.36. The minimum atomic E-state index is 0.596. The highest BCUT2D eigenvalue weighted by Crippen LogP contribution is 2.38. The van der Waals surface area contributed by atoms with Crippen molar-refractivity contribution in [1.29, 1.82) is 0 Å². The molecule has 15 heavy (non-hydrogen) atoms. The Morgan fingerprint density at radius 3 is 2.53 bits per heavy atom. The molecule has 1 heterocycles. The second-order valence-electron chi connectivity index (χ2n) is 5.61. The van der Waals surface area contributed by atoms with E-state index in [0.717, 1.165) is 24.5 Å². The van der Waals surface area contributed by atoms with Crippen molar-refractivity contribution in [2.24, 2.45) is 11.8 Å². The first-order valence-electron chi connectivity index (χ1n) is 6.78. The predicted octanol–water partition coefficient (Wildman–Crippen LogP) is 2.33. The van der Waals surface area contributed by atoms with Crippen LogP contribution in [0.15, 0.2) is 0 Å². The maximum atomic E-state index is 6.01. The van der Waals surface area contributed by atoms with E-state index in [9.17, 15) is 0 Å². The Labute approximate surface area is 92.8 Å². The molecule has 2 heteroatoms. The fraction of sp³-hybridized carbons (Fsp3) is 1.00. The van der Waals surface area contributed by atoms with Crippen molar-refractivity contribution in [3.63, 3.8) is 0 Å². The zero-order valence-electron chi connectivity index (χ0n) is 9.58. The highest BCUT2D eigenvalue weighted by molar-refractivity contribution is 4.89. The Balaban J connectivity index is 1.51. The lowest BCUT2D eigenvalue weighted by atomic mass is 9.74. The van der Waals surface area contributed by atoms with Crippen molar-refractivity contribution in [3.8, 4) is 0 Å². The van der Waals surface area contributed by atoms with Gasteiger partial charge in [-0.2, -0.15) is 0 Å². The van der Waals surface area contributed by atoms with Gasteiger partial charge in [-0.1, -0.05) is 6.42 Å². The van der Waals surface area contributed by atoms with Crippen LogP contribution in [-0.2, 0) is 4.74 Å². The van der Waals surface area contributed by atoms with E-state index >= 15 is 0 Å². The summed E-state index contributed by atoms with van der Waals surface area (Å²) >= 11 is 0. The summed E-state index contributed by atoms with van der Waals surface area (Å²) < 4.78 is 6.01. The predicted molar refractivity (Wildman–Crippen MR) is 60.8 cm³/mol. The molecule has 0 aromatic rings. The molecule has 0 radical (unpaired) electrons. The number of nitrogens with one attached hydrogen (secondary N) is 1. The summed E-state index contributed by atoms with van der Waals surface area (Å²) in [6.45, 7) is 2.23. The zero-order chi connectivity index (χ0) is 10.1. The first-order chi connectivity index (χ1) is 7.43. The molecule has 1 N–H and O–H groups in total. The van der Waals surface area contributed by atoms with Crippen LogP contribution in [0.3, 0.4) is 0 Å². The molecular formula is C13H23NO. The molecular weight excluding hydrogens is 186 g/mol. The topological polar surface area (TPSA) is 21.3 Å². The van der Waals surface area contributed by atoms with Gasteiger partial charge in [0.15, 0.2) is 0 Å². The van der Waals surface area contributed by atoms with E-state index in [0.29, 0.717) is 6.10 Å². The number of rotatable bonds is 4. The van der Waals surface area contributed by atoms with Crippen LogP contribution < -0.4 is 5.32 Å². The molecule has 1 aliphatic heterocycles. The van der Waals surface area contributed by atoms with E-state index in [4.69, 9.17) is 4.74 Å². The van der Waals surface area contributed by atoms with Gasteiger partial charge in [0.1, 0.15) is 0 Å².